The monoisotopic (exact) mass is 280 g/mol. The standard InChI is InChI=1S/C16H25FN2O/c1-4-13-11-19(14(5-2)9-18-13)10-12-6-7-16(20-3)15(17)8-12/h6-8,13-14,18H,4-5,9-11H2,1-3H3. The first kappa shape index (κ1) is 15.3. The third kappa shape index (κ3) is 3.49. The molecule has 2 rings (SSSR count). The van der Waals surface area contributed by atoms with E-state index < -0.39 is 0 Å². The van der Waals surface area contributed by atoms with Crippen molar-refractivity contribution in [2.75, 3.05) is 20.2 Å². The van der Waals surface area contributed by atoms with Gasteiger partial charge in [-0.3, -0.25) is 4.90 Å². The molecule has 0 bridgehead atoms. The van der Waals surface area contributed by atoms with Crippen LogP contribution in [0.2, 0.25) is 0 Å². The Morgan fingerprint density at radius 1 is 1.35 bits per heavy atom. The summed E-state index contributed by atoms with van der Waals surface area (Å²) in [5.41, 5.74) is 1.01. The molecule has 1 aliphatic heterocycles. The Kier molecular flexibility index (Phi) is 5.38. The lowest BCUT2D eigenvalue weighted by Gasteiger charge is -2.40. The maximum absolute atomic E-state index is 13.8. The van der Waals surface area contributed by atoms with E-state index >= 15 is 0 Å². The molecule has 1 fully saturated rings. The van der Waals surface area contributed by atoms with Gasteiger partial charge in [0.25, 0.3) is 0 Å². The fourth-order valence-corrected chi connectivity index (χ4v) is 2.84. The van der Waals surface area contributed by atoms with Crippen molar-refractivity contribution < 1.29 is 9.13 Å². The molecule has 4 heteroatoms. The minimum absolute atomic E-state index is 0.278. The maximum Gasteiger partial charge on any atom is 0.165 e. The molecular formula is C16H25FN2O. The Morgan fingerprint density at radius 2 is 2.15 bits per heavy atom. The van der Waals surface area contributed by atoms with E-state index in [0.717, 1.165) is 38.0 Å². The Labute approximate surface area is 121 Å². The summed E-state index contributed by atoms with van der Waals surface area (Å²) >= 11 is 0. The Balaban J connectivity index is 2.07. The van der Waals surface area contributed by atoms with Gasteiger partial charge in [-0.25, -0.2) is 4.39 Å². The molecule has 0 spiro atoms. The van der Waals surface area contributed by atoms with Crippen LogP contribution in [-0.4, -0.2) is 37.2 Å². The van der Waals surface area contributed by atoms with Crippen LogP contribution in [0.3, 0.4) is 0 Å². The molecule has 20 heavy (non-hydrogen) atoms. The summed E-state index contributed by atoms with van der Waals surface area (Å²) in [7, 11) is 1.49. The second-order valence-corrected chi connectivity index (χ2v) is 5.47. The van der Waals surface area contributed by atoms with Gasteiger partial charge in [-0.1, -0.05) is 19.9 Å². The molecule has 0 aromatic heterocycles. The summed E-state index contributed by atoms with van der Waals surface area (Å²) in [6.45, 7) is 7.27. The van der Waals surface area contributed by atoms with E-state index in [1.807, 2.05) is 6.07 Å². The van der Waals surface area contributed by atoms with Crippen molar-refractivity contribution in [2.24, 2.45) is 0 Å². The van der Waals surface area contributed by atoms with E-state index in [-0.39, 0.29) is 5.82 Å². The van der Waals surface area contributed by atoms with Crippen molar-refractivity contribution in [2.45, 2.75) is 45.3 Å². The third-order valence-electron chi connectivity index (χ3n) is 4.18. The largest absolute Gasteiger partial charge is 0.494 e. The van der Waals surface area contributed by atoms with Gasteiger partial charge in [-0.2, -0.15) is 0 Å². The van der Waals surface area contributed by atoms with E-state index in [1.165, 1.54) is 7.11 Å². The van der Waals surface area contributed by atoms with Crippen molar-refractivity contribution in [1.29, 1.82) is 0 Å². The number of nitrogens with one attached hydrogen (secondary N) is 1. The SMILES string of the molecule is CCC1CN(Cc2ccc(OC)c(F)c2)C(CC)CN1. The van der Waals surface area contributed by atoms with E-state index in [4.69, 9.17) is 4.74 Å². The third-order valence-corrected chi connectivity index (χ3v) is 4.18. The van der Waals surface area contributed by atoms with Gasteiger partial charge >= 0.3 is 0 Å². The van der Waals surface area contributed by atoms with Crippen LogP contribution in [0.1, 0.15) is 32.3 Å². The highest BCUT2D eigenvalue weighted by atomic mass is 19.1. The minimum Gasteiger partial charge on any atom is -0.494 e. The number of ether oxygens (including phenoxy) is 1. The van der Waals surface area contributed by atoms with Crippen molar-refractivity contribution in [3.8, 4) is 5.75 Å². The van der Waals surface area contributed by atoms with Crippen LogP contribution in [0.25, 0.3) is 0 Å². The molecule has 1 aliphatic rings. The highest BCUT2D eigenvalue weighted by molar-refractivity contribution is 5.29. The molecular weight excluding hydrogens is 255 g/mol. The number of benzene rings is 1. The zero-order valence-electron chi connectivity index (χ0n) is 12.7. The van der Waals surface area contributed by atoms with Gasteiger partial charge in [-0.05, 0) is 30.5 Å². The number of hydrogen-bond acceptors (Lipinski definition) is 3. The quantitative estimate of drug-likeness (QED) is 0.897. The van der Waals surface area contributed by atoms with Crippen molar-refractivity contribution >= 4 is 0 Å². The van der Waals surface area contributed by atoms with Gasteiger partial charge < -0.3 is 10.1 Å². The van der Waals surface area contributed by atoms with Gasteiger partial charge in [0.05, 0.1) is 7.11 Å². The number of piperazine rings is 1. The van der Waals surface area contributed by atoms with E-state index in [9.17, 15) is 4.39 Å². The highest BCUT2D eigenvalue weighted by Gasteiger charge is 2.25. The van der Waals surface area contributed by atoms with Crippen molar-refractivity contribution in [1.82, 2.24) is 10.2 Å². The second-order valence-electron chi connectivity index (χ2n) is 5.47. The number of rotatable bonds is 5. The predicted octanol–water partition coefficient (Wildman–Crippen LogP) is 2.80. The summed E-state index contributed by atoms with van der Waals surface area (Å²) in [5.74, 6) is 0.0350. The summed E-state index contributed by atoms with van der Waals surface area (Å²) in [4.78, 5) is 2.46. The topological polar surface area (TPSA) is 24.5 Å². The number of methoxy groups -OCH3 is 1. The lowest BCUT2D eigenvalue weighted by atomic mass is 10.0. The van der Waals surface area contributed by atoms with Gasteiger partial charge in [0.15, 0.2) is 11.6 Å². The van der Waals surface area contributed by atoms with E-state index in [0.29, 0.717) is 17.8 Å². The molecule has 112 valence electrons. The Hall–Kier alpha value is -1.13. The summed E-state index contributed by atoms with van der Waals surface area (Å²) in [5, 5.41) is 3.58. The zero-order chi connectivity index (χ0) is 14.5. The van der Waals surface area contributed by atoms with Crippen LogP contribution in [0.4, 0.5) is 4.39 Å². The maximum atomic E-state index is 13.8. The summed E-state index contributed by atoms with van der Waals surface area (Å²) < 4.78 is 18.7. The first-order chi connectivity index (χ1) is 9.67. The Bertz CT molecular complexity index is 438. The van der Waals surface area contributed by atoms with Gasteiger partial charge in [0.2, 0.25) is 0 Å². The molecule has 2 atom stereocenters. The molecule has 1 N–H and O–H groups in total. The lowest BCUT2D eigenvalue weighted by molar-refractivity contribution is 0.117. The van der Waals surface area contributed by atoms with E-state index in [2.05, 4.69) is 24.1 Å². The van der Waals surface area contributed by atoms with E-state index in [1.54, 1.807) is 12.1 Å². The van der Waals surface area contributed by atoms with Crippen LogP contribution in [0, 0.1) is 5.82 Å². The zero-order valence-corrected chi connectivity index (χ0v) is 12.7. The molecule has 1 heterocycles. The van der Waals surface area contributed by atoms with Crippen molar-refractivity contribution in [3.05, 3.63) is 29.6 Å². The first-order valence-electron chi connectivity index (χ1n) is 7.47. The van der Waals surface area contributed by atoms with Gasteiger partial charge in [0, 0.05) is 31.7 Å². The molecule has 1 aromatic rings. The minimum atomic E-state index is -0.278. The fraction of sp³-hybridized carbons (Fsp3) is 0.625. The Morgan fingerprint density at radius 3 is 2.75 bits per heavy atom. The normalized spacial score (nSPS) is 23.8. The highest BCUT2D eigenvalue weighted by Crippen LogP contribution is 2.21. The fourth-order valence-electron chi connectivity index (χ4n) is 2.84. The average molecular weight is 280 g/mol. The molecule has 2 unspecified atom stereocenters. The first-order valence-corrected chi connectivity index (χ1v) is 7.47. The summed E-state index contributed by atoms with van der Waals surface area (Å²) in [6, 6.07) is 6.33. The average Bonchev–Trinajstić information content (AvgIpc) is 2.47. The molecule has 0 saturated carbocycles. The molecule has 1 aromatic carbocycles. The lowest BCUT2D eigenvalue weighted by Crippen LogP contribution is -2.55. The van der Waals surface area contributed by atoms with Gasteiger partial charge in [0.1, 0.15) is 0 Å². The smallest absolute Gasteiger partial charge is 0.165 e. The number of halogens is 1. The molecule has 1 saturated heterocycles. The van der Waals surface area contributed by atoms with Crippen LogP contribution in [-0.2, 0) is 6.54 Å². The van der Waals surface area contributed by atoms with Crippen LogP contribution < -0.4 is 10.1 Å². The molecule has 0 aliphatic carbocycles. The van der Waals surface area contributed by atoms with Crippen molar-refractivity contribution in [3.63, 3.8) is 0 Å². The predicted molar refractivity (Wildman–Crippen MR) is 79.5 cm³/mol. The molecule has 0 radical (unpaired) electrons. The summed E-state index contributed by atoms with van der Waals surface area (Å²) in [6.07, 6.45) is 2.24. The van der Waals surface area contributed by atoms with Crippen LogP contribution >= 0.6 is 0 Å². The molecule has 3 nitrogen and oxygen atoms in total. The number of hydrogen-bond donors (Lipinski definition) is 1. The second kappa shape index (κ2) is 7.04. The van der Waals surface area contributed by atoms with Gasteiger partial charge in [-0.15, -0.1) is 0 Å². The van der Waals surface area contributed by atoms with Crippen LogP contribution in [0.15, 0.2) is 18.2 Å². The molecule has 0 amide bonds. The van der Waals surface area contributed by atoms with Crippen LogP contribution in [0.5, 0.6) is 5.75 Å². The number of nitrogens with zero attached hydrogens (tertiary/aromatic N) is 1.